The zero-order valence-corrected chi connectivity index (χ0v) is 13.1. The van der Waals surface area contributed by atoms with Crippen LogP contribution in [0.1, 0.15) is 36.5 Å². The molecule has 1 saturated carbocycles. The summed E-state index contributed by atoms with van der Waals surface area (Å²) in [6, 6.07) is 13.8. The van der Waals surface area contributed by atoms with E-state index < -0.39 is 0 Å². The highest BCUT2D eigenvalue weighted by Crippen LogP contribution is 2.31. The SMILES string of the molecule is CC1(NC(=O)c2ccc3nc(-c4ccccc4)cn3c2)CCC1. The van der Waals surface area contributed by atoms with Crippen LogP contribution in [0.15, 0.2) is 54.9 Å². The van der Waals surface area contributed by atoms with E-state index in [0.717, 1.165) is 29.7 Å². The number of carbonyl (C=O) groups excluding carboxylic acids is 1. The minimum atomic E-state index is -0.0316. The Morgan fingerprint density at radius 3 is 2.61 bits per heavy atom. The van der Waals surface area contributed by atoms with Crippen molar-refractivity contribution in [3.8, 4) is 11.3 Å². The zero-order chi connectivity index (χ0) is 15.9. The summed E-state index contributed by atoms with van der Waals surface area (Å²) >= 11 is 0. The maximum atomic E-state index is 12.4. The second-order valence-corrected chi connectivity index (χ2v) is 6.54. The molecular weight excluding hydrogens is 286 g/mol. The minimum absolute atomic E-state index is 0.0101. The van der Waals surface area contributed by atoms with E-state index in [1.807, 2.05) is 59.3 Å². The van der Waals surface area contributed by atoms with Crippen LogP contribution in [-0.2, 0) is 0 Å². The minimum Gasteiger partial charge on any atom is -0.347 e. The van der Waals surface area contributed by atoms with Gasteiger partial charge in [0.1, 0.15) is 5.65 Å². The first-order valence-electron chi connectivity index (χ1n) is 8.00. The summed E-state index contributed by atoms with van der Waals surface area (Å²) in [4.78, 5) is 17.0. The standard InChI is InChI=1S/C19H19N3O/c1-19(10-5-11-19)21-18(23)15-8-9-17-20-16(13-22(17)12-15)14-6-3-2-4-7-14/h2-4,6-9,12-13H,5,10-11H2,1H3,(H,21,23). The lowest BCUT2D eigenvalue weighted by Gasteiger charge is -2.39. The van der Waals surface area contributed by atoms with Gasteiger partial charge in [-0.2, -0.15) is 0 Å². The number of carbonyl (C=O) groups is 1. The third-order valence-corrected chi connectivity index (χ3v) is 4.66. The molecule has 4 heteroatoms. The van der Waals surface area contributed by atoms with Crippen molar-refractivity contribution in [2.75, 3.05) is 0 Å². The predicted molar refractivity (Wildman–Crippen MR) is 90.4 cm³/mol. The Kier molecular flexibility index (Phi) is 3.18. The lowest BCUT2D eigenvalue weighted by molar-refractivity contribution is 0.0850. The van der Waals surface area contributed by atoms with Gasteiger partial charge >= 0.3 is 0 Å². The quantitative estimate of drug-likeness (QED) is 0.802. The van der Waals surface area contributed by atoms with Crippen molar-refractivity contribution in [1.29, 1.82) is 0 Å². The molecule has 1 N–H and O–H groups in total. The smallest absolute Gasteiger partial charge is 0.253 e. The molecule has 0 saturated heterocycles. The number of rotatable bonds is 3. The predicted octanol–water partition coefficient (Wildman–Crippen LogP) is 3.67. The molecule has 4 rings (SSSR count). The molecule has 0 unspecified atom stereocenters. The molecule has 4 nitrogen and oxygen atoms in total. The van der Waals surface area contributed by atoms with E-state index in [0.29, 0.717) is 5.56 Å². The first-order chi connectivity index (χ1) is 11.1. The van der Waals surface area contributed by atoms with E-state index in [9.17, 15) is 4.79 Å². The molecular formula is C19H19N3O. The lowest BCUT2D eigenvalue weighted by Crippen LogP contribution is -2.50. The number of imidazole rings is 1. The van der Waals surface area contributed by atoms with Crippen molar-refractivity contribution < 1.29 is 4.79 Å². The summed E-state index contributed by atoms with van der Waals surface area (Å²) in [5.74, 6) is -0.0101. The Labute approximate surface area is 135 Å². The first kappa shape index (κ1) is 14.0. The lowest BCUT2D eigenvalue weighted by atomic mass is 9.78. The molecule has 0 spiro atoms. The molecule has 1 aliphatic carbocycles. The van der Waals surface area contributed by atoms with E-state index in [-0.39, 0.29) is 11.4 Å². The topological polar surface area (TPSA) is 46.4 Å². The Balaban J connectivity index is 1.64. The van der Waals surface area contributed by atoms with Gasteiger partial charge in [0.05, 0.1) is 11.3 Å². The second kappa shape index (κ2) is 5.23. The van der Waals surface area contributed by atoms with Gasteiger partial charge in [0.25, 0.3) is 5.91 Å². The Hall–Kier alpha value is -2.62. The number of benzene rings is 1. The number of aromatic nitrogens is 2. The summed E-state index contributed by atoms with van der Waals surface area (Å²) in [7, 11) is 0. The molecule has 1 amide bonds. The fourth-order valence-corrected chi connectivity index (χ4v) is 3.05. The van der Waals surface area contributed by atoms with Gasteiger partial charge in [-0.1, -0.05) is 30.3 Å². The largest absolute Gasteiger partial charge is 0.347 e. The van der Waals surface area contributed by atoms with E-state index in [1.54, 1.807) is 0 Å². The van der Waals surface area contributed by atoms with Crippen LogP contribution in [0.4, 0.5) is 0 Å². The van der Waals surface area contributed by atoms with Crippen molar-refractivity contribution in [1.82, 2.24) is 14.7 Å². The summed E-state index contributed by atoms with van der Waals surface area (Å²) in [5, 5.41) is 3.14. The molecule has 1 fully saturated rings. The van der Waals surface area contributed by atoms with Gasteiger partial charge in [-0.15, -0.1) is 0 Å². The van der Waals surface area contributed by atoms with Crippen LogP contribution < -0.4 is 5.32 Å². The fraction of sp³-hybridized carbons (Fsp3) is 0.263. The van der Waals surface area contributed by atoms with E-state index in [4.69, 9.17) is 0 Å². The number of pyridine rings is 1. The summed E-state index contributed by atoms with van der Waals surface area (Å²) < 4.78 is 1.92. The van der Waals surface area contributed by atoms with Crippen molar-refractivity contribution >= 4 is 11.6 Å². The second-order valence-electron chi connectivity index (χ2n) is 6.54. The van der Waals surface area contributed by atoms with Gasteiger partial charge in [-0.05, 0) is 38.3 Å². The van der Waals surface area contributed by atoms with E-state index in [2.05, 4.69) is 17.2 Å². The van der Waals surface area contributed by atoms with E-state index >= 15 is 0 Å². The fourth-order valence-electron chi connectivity index (χ4n) is 3.05. The van der Waals surface area contributed by atoms with Crippen LogP contribution >= 0.6 is 0 Å². The number of nitrogens with zero attached hydrogens (tertiary/aromatic N) is 2. The highest BCUT2D eigenvalue weighted by atomic mass is 16.1. The number of amides is 1. The molecule has 3 aromatic rings. The number of nitrogens with one attached hydrogen (secondary N) is 1. The summed E-state index contributed by atoms with van der Waals surface area (Å²) in [6.07, 6.45) is 7.13. The average Bonchev–Trinajstić information content (AvgIpc) is 2.97. The first-order valence-corrected chi connectivity index (χ1v) is 8.00. The summed E-state index contributed by atoms with van der Waals surface area (Å²) in [6.45, 7) is 2.11. The van der Waals surface area contributed by atoms with Crippen molar-refractivity contribution in [2.45, 2.75) is 31.7 Å². The molecule has 0 radical (unpaired) electrons. The monoisotopic (exact) mass is 305 g/mol. The van der Waals surface area contributed by atoms with Gasteiger partial charge in [0.2, 0.25) is 0 Å². The maximum absolute atomic E-state index is 12.4. The van der Waals surface area contributed by atoms with Gasteiger partial charge in [-0.3, -0.25) is 4.79 Å². The highest BCUT2D eigenvalue weighted by molar-refractivity contribution is 5.94. The molecule has 2 heterocycles. The molecule has 0 atom stereocenters. The molecule has 0 aliphatic heterocycles. The zero-order valence-electron chi connectivity index (χ0n) is 13.1. The van der Waals surface area contributed by atoms with E-state index in [1.165, 1.54) is 6.42 Å². The van der Waals surface area contributed by atoms with Crippen molar-refractivity contribution in [3.63, 3.8) is 0 Å². The molecule has 1 aliphatic rings. The van der Waals surface area contributed by atoms with Crippen LogP contribution in [0.3, 0.4) is 0 Å². The number of hydrogen-bond donors (Lipinski definition) is 1. The molecule has 116 valence electrons. The van der Waals surface area contributed by atoms with Crippen LogP contribution in [0.2, 0.25) is 0 Å². The van der Waals surface area contributed by atoms with Crippen molar-refractivity contribution in [3.05, 3.63) is 60.4 Å². The van der Waals surface area contributed by atoms with Gasteiger partial charge < -0.3 is 9.72 Å². The molecule has 2 aromatic heterocycles. The third-order valence-electron chi connectivity index (χ3n) is 4.66. The highest BCUT2D eigenvalue weighted by Gasteiger charge is 2.33. The Morgan fingerprint density at radius 2 is 1.91 bits per heavy atom. The van der Waals surface area contributed by atoms with Gasteiger partial charge in [0, 0.05) is 23.5 Å². The Morgan fingerprint density at radius 1 is 1.13 bits per heavy atom. The number of hydrogen-bond acceptors (Lipinski definition) is 2. The molecule has 0 bridgehead atoms. The molecule has 1 aromatic carbocycles. The van der Waals surface area contributed by atoms with Crippen LogP contribution in [0.25, 0.3) is 16.9 Å². The van der Waals surface area contributed by atoms with Gasteiger partial charge in [-0.25, -0.2) is 4.98 Å². The van der Waals surface area contributed by atoms with Crippen LogP contribution in [0, 0.1) is 0 Å². The normalized spacial score (nSPS) is 16.0. The van der Waals surface area contributed by atoms with Crippen LogP contribution in [-0.4, -0.2) is 20.8 Å². The van der Waals surface area contributed by atoms with Crippen LogP contribution in [0.5, 0.6) is 0 Å². The average molecular weight is 305 g/mol. The third kappa shape index (κ3) is 2.61. The van der Waals surface area contributed by atoms with Crippen molar-refractivity contribution in [2.24, 2.45) is 0 Å². The summed E-state index contributed by atoms with van der Waals surface area (Å²) in [5.41, 5.74) is 3.46. The van der Waals surface area contributed by atoms with Gasteiger partial charge in [0.15, 0.2) is 0 Å². The Bertz CT molecular complexity index is 863. The number of fused-ring (bicyclic) bond motifs is 1. The maximum Gasteiger partial charge on any atom is 0.253 e. The molecule has 23 heavy (non-hydrogen) atoms.